The van der Waals surface area contributed by atoms with Gasteiger partial charge in [0.15, 0.2) is 0 Å². The molecule has 1 atom stereocenters. The number of rotatable bonds is 6. The Labute approximate surface area is 156 Å². The van der Waals surface area contributed by atoms with Gasteiger partial charge in [0.2, 0.25) is 0 Å². The minimum atomic E-state index is -0.0648. The molecule has 26 heavy (non-hydrogen) atoms. The molecule has 1 aromatic carbocycles. The molecule has 1 saturated carbocycles. The van der Waals surface area contributed by atoms with Crippen molar-refractivity contribution in [2.45, 2.75) is 44.2 Å². The number of ether oxygens (including phenoxy) is 2. The van der Waals surface area contributed by atoms with E-state index < -0.39 is 0 Å². The molecular formula is C20H31N3O3. The highest BCUT2D eigenvalue weighted by Gasteiger charge is 2.26. The van der Waals surface area contributed by atoms with Crippen LogP contribution in [-0.4, -0.2) is 56.9 Å². The standard InChI is InChI=1S/C20H31N3O3/c1-25-19-10-6-5-9-17(19)18(23-11-13-26-14-12-23)15-21-20(24)22-16-7-3-2-4-8-16/h5-6,9-10,16,18H,2-4,7-8,11-15H2,1H3,(H2,21,22,24). The molecule has 2 N–H and O–H groups in total. The fourth-order valence-corrected chi connectivity index (χ4v) is 3.94. The molecule has 6 nitrogen and oxygen atoms in total. The molecule has 3 rings (SSSR count). The van der Waals surface area contributed by atoms with Crippen molar-refractivity contribution in [3.8, 4) is 5.75 Å². The SMILES string of the molecule is COc1ccccc1C(CNC(=O)NC1CCCCC1)N1CCOCC1. The number of carbonyl (C=O) groups is 1. The van der Waals surface area contributed by atoms with Crippen LogP contribution in [0.4, 0.5) is 4.79 Å². The Balaban J connectivity index is 1.64. The molecule has 1 heterocycles. The largest absolute Gasteiger partial charge is 0.496 e. The van der Waals surface area contributed by atoms with Gasteiger partial charge in [-0.05, 0) is 18.9 Å². The third-order valence-electron chi connectivity index (χ3n) is 5.38. The molecule has 0 aromatic heterocycles. The zero-order valence-corrected chi connectivity index (χ0v) is 15.7. The zero-order valence-electron chi connectivity index (χ0n) is 15.7. The quantitative estimate of drug-likeness (QED) is 0.818. The van der Waals surface area contributed by atoms with E-state index in [0.717, 1.165) is 50.5 Å². The monoisotopic (exact) mass is 361 g/mol. The maximum Gasteiger partial charge on any atom is 0.315 e. The van der Waals surface area contributed by atoms with Crippen molar-refractivity contribution >= 4 is 6.03 Å². The molecule has 1 saturated heterocycles. The number of methoxy groups -OCH3 is 1. The van der Waals surface area contributed by atoms with Crippen molar-refractivity contribution in [1.29, 1.82) is 0 Å². The second-order valence-electron chi connectivity index (χ2n) is 7.10. The van der Waals surface area contributed by atoms with Crippen LogP contribution in [0, 0.1) is 0 Å². The van der Waals surface area contributed by atoms with Crippen LogP contribution in [0.1, 0.15) is 43.7 Å². The summed E-state index contributed by atoms with van der Waals surface area (Å²) in [4.78, 5) is 14.8. The average molecular weight is 361 g/mol. The zero-order chi connectivity index (χ0) is 18.2. The molecule has 1 aromatic rings. The lowest BCUT2D eigenvalue weighted by molar-refractivity contribution is 0.0162. The number of nitrogens with zero attached hydrogens (tertiary/aromatic N) is 1. The summed E-state index contributed by atoms with van der Waals surface area (Å²) in [6.07, 6.45) is 5.89. The Morgan fingerprint density at radius 1 is 1.23 bits per heavy atom. The van der Waals surface area contributed by atoms with Crippen LogP contribution in [0.5, 0.6) is 5.75 Å². The number of amides is 2. The van der Waals surface area contributed by atoms with E-state index in [1.165, 1.54) is 19.3 Å². The summed E-state index contributed by atoms with van der Waals surface area (Å²) in [6, 6.07) is 8.38. The van der Waals surface area contributed by atoms with Gasteiger partial charge in [0.1, 0.15) is 5.75 Å². The molecule has 0 bridgehead atoms. The van der Waals surface area contributed by atoms with Crippen LogP contribution < -0.4 is 15.4 Å². The van der Waals surface area contributed by atoms with E-state index in [1.807, 2.05) is 18.2 Å². The smallest absolute Gasteiger partial charge is 0.315 e. The summed E-state index contributed by atoms with van der Waals surface area (Å²) in [5.74, 6) is 0.860. The fourth-order valence-electron chi connectivity index (χ4n) is 3.94. The number of nitrogens with one attached hydrogen (secondary N) is 2. The van der Waals surface area contributed by atoms with Gasteiger partial charge in [0.05, 0.1) is 26.4 Å². The summed E-state index contributed by atoms with van der Waals surface area (Å²) < 4.78 is 11.1. The normalized spacial score (nSPS) is 20.3. The topological polar surface area (TPSA) is 62.8 Å². The van der Waals surface area contributed by atoms with Crippen LogP contribution in [0.15, 0.2) is 24.3 Å². The Morgan fingerprint density at radius 3 is 2.69 bits per heavy atom. The first-order chi connectivity index (χ1) is 12.8. The van der Waals surface area contributed by atoms with Crippen molar-refractivity contribution in [2.75, 3.05) is 40.0 Å². The predicted molar refractivity (Wildman–Crippen MR) is 102 cm³/mol. The van der Waals surface area contributed by atoms with Gasteiger partial charge < -0.3 is 20.1 Å². The van der Waals surface area contributed by atoms with Crippen molar-refractivity contribution in [3.63, 3.8) is 0 Å². The number of carbonyl (C=O) groups excluding carboxylic acids is 1. The van der Waals surface area contributed by atoms with Crippen molar-refractivity contribution < 1.29 is 14.3 Å². The number of morpholine rings is 1. The molecule has 144 valence electrons. The van der Waals surface area contributed by atoms with Gasteiger partial charge in [0, 0.05) is 31.2 Å². The predicted octanol–water partition coefficient (Wildman–Crippen LogP) is 2.70. The Morgan fingerprint density at radius 2 is 1.96 bits per heavy atom. The lowest BCUT2D eigenvalue weighted by atomic mass is 9.96. The van der Waals surface area contributed by atoms with E-state index in [1.54, 1.807) is 7.11 Å². The number of hydrogen-bond acceptors (Lipinski definition) is 4. The van der Waals surface area contributed by atoms with Crippen LogP contribution in [-0.2, 0) is 4.74 Å². The number of benzene rings is 1. The highest BCUT2D eigenvalue weighted by atomic mass is 16.5. The van der Waals surface area contributed by atoms with Crippen LogP contribution >= 0.6 is 0 Å². The fraction of sp³-hybridized carbons (Fsp3) is 0.650. The summed E-state index contributed by atoms with van der Waals surface area (Å²) >= 11 is 0. The molecule has 1 unspecified atom stereocenters. The van der Waals surface area contributed by atoms with Gasteiger partial charge >= 0.3 is 6.03 Å². The summed E-state index contributed by atoms with van der Waals surface area (Å²) in [7, 11) is 1.69. The summed E-state index contributed by atoms with van der Waals surface area (Å²) in [5.41, 5.74) is 1.11. The minimum absolute atomic E-state index is 0.0648. The third kappa shape index (κ3) is 5.11. The Kier molecular flexibility index (Phi) is 7.14. The van der Waals surface area contributed by atoms with Gasteiger partial charge in [-0.1, -0.05) is 37.5 Å². The van der Waals surface area contributed by atoms with E-state index in [4.69, 9.17) is 9.47 Å². The van der Waals surface area contributed by atoms with Crippen LogP contribution in [0.2, 0.25) is 0 Å². The minimum Gasteiger partial charge on any atom is -0.496 e. The van der Waals surface area contributed by atoms with Gasteiger partial charge in [0.25, 0.3) is 0 Å². The van der Waals surface area contributed by atoms with Crippen molar-refractivity contribution in [1.82, 2.24) is 15.5 Å². The lowest BCUT2D eigenvalue weighted by Crippen LogP contribution is -2.48. The second kappa shape index (κ2) is 9.78. The maximum absolute atomic E-state index is 12.4. The first-order valence-corrected chi connectivity index (χ1v) is 9.77. The molecule has 0 spiro atoms. The molecule has 2 fully saturated rings. The van der Waals surface area contributed by atoms with Gasteiger partial charge in [-0.2, -0.15) is 0 Å². The molecule has 6 heteroatoms. The van der Waals surface area contributed by atoms with E-state index in [-0.39, 0.29) is 12.1 Å². The maximum atomic E-state index is 12.4. The lowest BCUT2D eigenvalue weighted by Gasteiger charge is -2.35. The van der Waals surface area contributed by atoms with Gasteiger partial charge in [-0.25, -0.2) is 4.79 Å². The number of para-hydroxylation sites is 1. The van der Waals surface area contributed by atoms with Crippen molar-refractivity contribution in [2.24, 2.45) is 0 Å². The number of urea groups is 1. The van der Waals surface area contributed by atoms with Crippen molar-refractivity contribution in [3.05, 3.63) is 29.8 Å². The average Bonchev–Trinajstić information content (AvgIpc) is 2.70. The molecular weight excluding hydrogens is 330 g/mol. The molecule has 1 aliphatic carbocycles. The highest BCUT2D eigenvalue weighted by Crippen LogP contribution is 2.29. The molecule has 0 radical (unpaired) electrons. The van der Waals surface area contributed by atoms with Gasteiger partial charge in [-0.15, -0.1) is 0 Å². The van der Waals surface area contributed by atoms with E-state index >= 15 is 0 Å². The first-order valence-electron chi connectivity index (χ1n) is 9.77. The van der Waals surface area contributed by atoms with Crippen LogP contribution in [0.25, 0.3) is 0 Å². The molecule has 1 aliphatic heterocycles. The third-order valence-corrected chi connectivity index (χ3v) is 5.38. The number of hydrogen-bond donors (Lipinski definition) is 2. The second-order valence-corrected chi connectivity index (χ2v) is 7.10. The molecule has 2 amide bonds. The molecule has 2 aliphatic rings. The summed E-state index contributed by atoms with van der Waals surface area (Å²) in [6.45, 7) is 3.71. The van der Waals surface area contributed by atoms with E-state index in [2.05, 4.69) is 21.6 Å². The Bertz CT molecular complexity index is 569. The summed E-state index contributed by atoms with van der Waals surface area (Å²) in [5, 5.41) is 6.22. The van der Waals surface area contributed by atoms with E-state index in [9.17, 15) is 4.79 Å². The Hall–Kier alpha value is -1.79. The van der Waals surface area contributed by atoms with Crippen LogP contribution in [0.3, 0.4) is 0 Å². The van der Waals surface area contributed by atoms with Gasteiger partial charge in [-0.3, -0.25) is 4.90 Å². The van der Waals surface area contributed by atoms with E-state index in [0.29, 0.717) is 12.6 Å². The first kappa shape index (κ1) is 19.0. The highest BCUT2D eigenvalue weighted by molar-refractivity contribution is 5.74.